The van der Waals surface area contributed by atoms with Crippen molar-refractivity contribution in [1.29, 1.82) is 0 Å². The SMILES string of the molecule is COc1ccc(CN(CCC[N+](C)(C)C)S(=O)(=O)c2cc(F)c(CSC3=NC=C(C(C)(C)c4ccc(Cl)c(OC)c4)C(C)C(c4ccc(F)cc4)C3)c(F)c2)cc1. The summed E-state index contributed by atoms with van der Waals surface area (Å²) in [5, 5.41) is 1.13. The molecule has 13 heteroatoms. The molecular formula is C44H52ClF3N3O4S2+. The molecule has 57 heavy (non-hydrogen) atoms. The predicted molar refractivity (Wildman–Crippen MR) is 225 cm³/mol. The van der Waals surface area contributed by atoms with Gasteiger partial charge in [0.25, 0.3) is 0 Å². The average molecular weight is 843 g/mol. The minimum absolute atomic E-state index is 0.0235. The van der Waals surface area contributed by atoms with Crippen LogP contribution in [0, 0.1) is 23.4 Å². The first-order valence-electron chi connectivity index (χ1n) is 18.7. The molecular weight excluding hydrogens is 791 g/mol. The summed E-state index contributed by atoms with van der Waals surface area (Å²) in [6.45, 7) is 7.18. The zero-order valence-corrected chi connectivity index (χ0v) is 36.2. The molecule has 2 atom stereocenters. The Bertz CT molecular complexity index is 2180. The first-order chi connectivity index (χ1) is 26.8. The van der Waals surface area contributed by atoms with Crippen LogP contribution in [0.25, 0.3) is 0 Å². The fourth-order valence-corrected chi connectivity index (χ4v) is 9.86. The summed E-state index contributed by atoms with van der Waals surface area (Å²) in [5.41, 5.74) is 2.80. The molecule has 7 nitrogen and oxygen atoms in total. The molecule has 0 radical (unpaired) electrons. The molecule has 1 aliphatic rings. The lowest BCUT2D eigenvalue weighted by Gasteiger charge is -2.35. The first kappa shape index (κ1) is 44.3. The average Bonchev–Trinajstić information content (AvgIpc) is 3.32. The molecule has 4 aromatic rings. The van der Waals surface area contributed by atoms with Crippen molar-refractivity contribution in [2.45, 2.75) is 62.1 Å². The molecule has 4 aromatic carbocycles. The van der Waals surface area contributed by atoms with Crippen molar-refractivity contribution >= 4 is 38.4 Å². The van der Waals surface area contributed by atoms with E-state index in [1.165, 1.54) is 28.2 Å². The van der Waals surface area contributed by atoms with Crippen LogP contribution in [0.5, 0.6) is 11.5 Å². The maximum atomic E-state index is 15.9. The van der Waals surface area contributed by atoms with E-state index in [1.54, 1.807) is 56.7 Å². The van der Waals surface area contributed by atoms with Gasteiger partial charge in [0.2, 0.25) is 10.0 Å². The third-order valence-electron chi connectivity index (χ3n) is 10.6. The van der Waals surface area contributed by atoms with Crippen LogP contribution in [0.3, 0.4) is 0 Å². The molecule has 0 saturated heterocycles. The summed E-state index contributed by atoms with van der Waals surface area (Å²) in [6.07, 6.45) is 2.80. The monoisotopic (exact) mass is 842 g/mol. The number of hydrogen-bond acceptors (Lipinski definition) is 6. The van der Waals surface area contributed by atoms with Gasteiger partial charge in [-0.2, -0.15) is 4.31 Å². The van der Waals surface area contributed by atoms with Crippen LogP contribution in [0.15, 0.2) is 101 Å². The van der Waals surface area contributed by atoms with Gasteiger partial charge in [0.1, 0.15) is 29.0 Å². The molecule has 0 saturated carbocycles. The Hall–Kier alpha value is -3.81. The highest BCUT2D eigenvalue weighted by Gasteiger charge is 2.36. The van der Waals surface area contributed by atoms with Crippen molar-refractivity contribution in [1.82, 2.24) is 4.31 Å². The number of rotatable bonds is 15. The molecule has 5 rings (SSSR count). The van der Waals surface area contributed by atoms with Gasteiger partial charge in [0, 0.05) is 48.9 Å². The lowest BCUT2D eigenvalue weighted by Crippen LogP contribution is -2.38. The minimum Gasteiger partial charge on any atom is -0.497 e. The second-order valence-corrected chi connectivity index (χ2v) is 19.3. The number of nitrogens with zero attached hydrogens (tertiary/aromatic N) is 3. The summed E-state index contributed by atoms with van der Waals surface area (Å²) in [7, 11) is 4.87. The number of quaternary nitrogens is 1. The Morgan fingerprint density at radius 3 is 2.18 bits per heavy atom. The fraction of sp³-hybridized carbons (Fsp3) is 0.386. The molecule has 0 aromatic heterocycles. The number of allylic oxidation sites excluding steroid dienone is 1. The number of sulfonamides is 1. The molecule has 306 valence electrons. The van der Waals surface area contributed by atoms with Crippen LogP contribution in [0.1, 0.15) is 61.8 Å². The highest BCUT2D eigenvalue weighted by molar-refractivity contribution is 8.13. The fourth-order valence-electron chi connectivity index (χ4n) is 7.16. The largest absolute Gasteiger partial charge is 0.497 e. The molecule has 1 heterocycles. The van der Waals surface area contributed by atoms with E-state index in [4.69, 9.17) is 26.1 Å². The van der Waals surface area contributed by atoms with Gasteiger partial charge in [-0.05, 0) is 82.6 Å². The Balaban J connectivity index is 1.44. The van der Waals surface area contributed by atoms with E-state index in [2.05, 4.69) is 20.8 Å². The van der Waals surface area contributed by atoms with Crippen molar-refractivity contribution in [3.63, 3.8) is 0 Å². The van der Waals surface area contributed by atoms with E-state index in [-0.39, 0.29) is 42.1 Å². The molecule has 0 fully saturated rings. The quantitative estimate of drug-likeness (QED) is 0.112. The van der Waals surface area contributed by atoms with Crippen molar-refractivity contribution < 1.29 is 35.5 Å². The maximum Gasteiger partial charge on any atom is 0.243 e. The third kappa shape index (κ3) is 10.8. The Labute approximate surface area is 345 Å². The first-order valence-corrected chi connectivity index (χ1v) is 21.6. The highest BCUT2D eigenvalue weighted by atomic mass is 35.5. The molecule has 2 unspecified atom stereocenters. The summed E-state index contributed by atoms with van der Waals surface area (Å²) >= 11 is 7.55. The second kappa shape index (κ2) is 18.4. The molecule has 0 spiro atoms. The van der Waals surface area contributed by atoms with Gasteiger partial charge in [0.15, 0.2) is 0 Å². The zero-order valence-electron chi connectivity index (χ0n) is 33.8. The Morgan fingerprint density at radius 1 is 0.930 bits per heavy atom. The summed E-state index contributed by atoms with van der Waals surface area (Å²) < 4.78 is 86.7. The van der Waals surface area contributed by atoms with E-state index in [0.717, 1.165) is 28.8 Å². The van der Waals surface area contributed by atoms with Gasteiger partial charge in [-0.1, -0.05) is 62.7 Å². The number of halogens is 4. The standard InChI is InChI=1S/C44H52ClF3N3O4S2/c1-29-36(31-12-15-33(46)16-13-31)25-43(49-26-38(29)44(2,3)32-14-19-39(45)42(22-32)55-8)56-28-37-40(47)23-35(24-41(37)48)57(52,53)50(20-9-21-51(4,5)6)27-30-10-17-34(54-7)18-11-30/h10-19,22-24,26,29,36H,9,20-21,25,27-28H2,1-8H3/q+1. The maximum absolute atomic E-state index is 15.9. The van der Waals surface area contributed by atoms with Crippen LogP contribution < -0.4 is 9.47 Å². The zero-order chi connectivity index (χ0) is 41.7. The number of thioether (sulfide) groups is 1. The predicted octanol–water partition coefficient (Wildman–Crippen LogP) is 10.4. The molecule has 1 aliphatic heterocycles. The second-order valence-electron chi connectivity index (χ2n) is 15.9. The molecule has 0 amide bonds. The van der Waals surface area contributed by atoms with E-state index >= 15 is 8.78 Å². The minimum atomic E-state index is -4.30. The van der Waals surface area contributed by atoms with E-state index < -0.39 is 32.0 Å². The summed E-state index contributed by atoms with van der Waals surface area (Å²) in [6, 6.07) is 20.9. The summed E-state index contributed by atoms with van der Waals surface area (Å²) in [5.74, 6) is -1.42. The number of hydrogen-bond donors (Lipinski definition) is 0. The molecule has 0 N–H and O–H groups in total. The Kier molecular flexibility index (Phi) is 14.3. The van der Waals surface area contributed by atoms with Gasteiger partial charge in [-0.25, -0.2) is 21.6 Å². The van der Waals surface area contributed by atoms with Gasteiger partial charge in [0.05, 0.1) is 56.9 Å². The highest BCUT2D eigenvalue weighted by Crippen LogP contribution is 2.46. The van der Waals surface area contributed by atoms with Gasteiger partial charge in [-0.3, -0.25) is 4.99 Å². The van der Waals surface area contributed by atoms with Gasteiger partial charge < -0.3 is 14.0 Å². The van der Waals surface area contributed by atoms with Crippen molar-refractivity contribution in [2.24, 2.45) is 10.9 Å². The Morgan fingerprint density at radius 2 is 1.58 bits per heavy atom. The van der Waals surface area contributed by atoms with Crippen molar-refractivity contribution in [3.8, 4) is 11.5 Å². The van der Waals surface area contributed by atoms with E-state index in [9.17, 15) is 12.8 Å². The van der Waals surface area contributed by atoms with Crippen LogP contribution in [-0.2, 0) is 27.7 Å². The van der Waals surface area contributed by atoms with Crippen LogP contribution in [-0.4, -0.2) is 70.7 Å². The van der Waals surface area contributed by atoms with Crippen molar-refractivity contribution in [3.05, 3.63) is 135 Å². The van der Waals surface area contributed by atoms with Gasteiger partial charge >= 0.3 is 0 Å². The number of aliphatic imine (C=N–C) groups is 1. The van der Waals surface area contributed by atoms with E-state index in [0.29, 0.717) is 51.0 Å². The van der Waals surface area contributed by atoms with E-state index in [1.807, 2.05) is 39.5 Å². The normalized spacial score (nSPS) is 16.6. The van der Waals surface area contributed by atoms with Crippen LogP contribution >= 0.6 is 23.4 Å². The smallest absolute Gasteiger partial charge is 0.243 e. The van der Waals surface area contributed by atoms with Crippen molar-refractivity contribution in [2.75, 3.05) is 48.5 Å². The van der Waals surface area contributed by atoms with Crippen LogP contribution in [0.4, 0.5) is 13.2 Å². The number of methoxy groups -OCH3 is 2. The lowest BCUT2D eigenvalue weighted by molar-refractivity contribution is -0.870. The topological polar surface area (TPSA) is 68.2 Å². The summed E-state index contributed by atoms with van der Waals surface area (Å²) in [4.78, 5) is 4.43. The number of benzene rings is 4. The van der Waals surface area contributed by atoms with Crippen LogP contribution in [0.2, 0.25) is 5.02 Å². The molecule has 0 bridgehead atoms. The van der Waals surface area contributed by atoms with Gasteiger partial charge in [-0.15, -0.1) is 11.8 Å². The number of ether oxygens (including phenoxy) is 2. The third-order valence-corrected chi connectivity index (χ3v) is 13.8. The molecule has 0 aliphatic carbocycles. The lowest BCUT2D eigenvalue weighted by atomic mass is 9.68.